The van der Waals surface area contributed by atoms with Crippen molar-refractivity contribution in [3.05, 3.63) is 123 Å². The molecule has 3 N–H and O–H groups in total. The fraction of sp³-hybridized carbons (Fsp3) is 0.0625. The molecule has 1 atom stereocenters. The lowest BCUT2D eigenvalue weighted by Crippen LogP contribution is -2.30. The number of anilines is 2. The Morgan fingerprint density at radius 1 is 0.884 bits per heavy atom. The largest absolute Gasteiger partial charge is 0.321 e. The van der Waals surface area contributed by atoms with E-state index in [1.807, 2.05) is 60.1 Å². The first-order valence-electron chi connectivity index (χ1n) is 13.1. The van der Waals surface area contributed by atoms with Crippen LogP contribution in [0, 0.1) is 0 Å². The minimum atomic E-state index is -0.452. The molecule has 3 amide bonds. The van der Waals surface area contributed by atoms with Crippen LogP contribution in [-0.2, 0) is 9.59 Å². The van der Waals surface area contributed by atoms with E-state index in [1.54, 1.807) is 54.6 Å². The van der Waals surface area contributed by atoms with Gasteiger partial charge in [0.25, 0.3) is 11.8 Å². The number of thiophene rings is 1. The average Bonchev–Trinajstić information content (AvgIpc) is 3.71. The maximum absolute atomic E-state index is 13.2. The highest BCUT2D eigenvalue weighted by Gasteiger charge is 2.18. The Bertz CT molecular complexity index is 1740. The summed E-state index contributed by atoms with van der Waals surface area (Å²) in [5.41, 5.74) is 2.81. The van der Waals surface area contributed by atoms with Gasteiger partial charge in [0.2, 0.25) is 5.91 Å². The Morgan fingerprint density at radius 2 is 1.63 bits per heavy atom. The van der Waals surface area contributed by atoms with Crippen LogP contribution in [0.15, 0.2) is 112 Å². The zero-order chi connectivity index (χ0) is 30.2. The average molecular weight is 645 g/mol. The number of hydrogen-bond acceptors (Lipinski definition) is 7. The molecule has 0 fully saturated rings. The van der Waals surface area contributed by atoms with E-state index in [2.05, 4.69) is 20.9 Å². The van der Waals surface area contributed by atoms with Crippen molar-refractivity contribution in [2.24, 2.45) is 0 Å². The van der Waals surface area contributed by atoms with Gasteiger partial charge in [0.15, 0.2) is 5.13 Å². The summed E-state index contributed by atoms with van der Waals surface area (Å²) in [7, 11) is 0. The van der Waals surface area contributed by atoms with Crippen LogP contribution < -0.4 is 16.0 Å². The fourth-order valence-corrected chi connectivity index (χ4v) is 6.20. The highest BCUT2D eigenvalue weighted by Crippen LogP contribution is 2.29. The smallest absolute Gasteiger partial charge is 0.272 e. The van der Waals surface area contributed by atoms with Crippen LogP contribution in [0.2, 0.25) is 5.02 Å². The first-order valence-corrected chi connectivity index (χ1v) is 16.1. The molecule has 0 bridgehead atoms. The molecule has 7 nitrogen and oxygen atoms in total. The Hall–Kier alpha value is -4.22. The zero-order valence-corrected chi connectivity index (χ0v) is 25.9. The molecule has 0 aliphatic carbocycles. The van der Waals surface area contributed by atoms with Crippen LogP contribution in [0.25, 0.3) is 17.3 Å². The topological polar surface area (TPSA) is 100 Å². The standard InChI is InChI=1S/C32H25ClN4O3S3/c1-20(29(38)37-32-36-28(19-42-32)21-9-11-23(33)12-10-21)43-25-15-13-24(14-16-25)34-31(40)27(18-26-8-5-17-41-26)35-30(39)22-6-3-2-4-7-22/h2-20H,1H3,(H,34,40)(H,35,39)(H,36,37,38)/b27-18-. The van der Waals surface area contributed by atoms with E-state index in [4.69, 9.17) is 11.6 Å². The molecule has 216 valence electrons. The summed E-state index contributed by atoms with van der Waals surface area (Å²) in [5, 5.41) is 13.0. The predicted molar refractivity (Wildman–Crippen MR) is 178 cm³/mol. The number of benzene rings is 3. The summed E-state index contributed by atoms with van der Waals surface area (Å²) in [5.74, 6) is -0.999. The molecule has 11 heteroatoms. The number of thioether (sulfide) groups is 1. The highest BCUT2D eigenvalue weighted by atomic mass is 35.5. The molecule has 2 aromatic heterocycles. The van der Waals surface area contributed by atoms with Crippen LogP contribution in [0.3, 0.4) is 0 Å². The minimum Gasteiger partial charge on any atom is -0.321 e. The second-order valence-electron chi connectivity index (χ2n) is 9.17. The van der Waals surface area contributed by atoms with E-state index in [1.165, 1.54) is 34.4 Å². The molecular formula is C32H25ClN4O3S3. The van der Waals surface area contributed by atoms with Crippen molar-refractivity contribution in [2.45, 2.75) is 17.1 Å². The number of carbonyl (C=O) groups excluding carboxylic acids is 3. The van der Waals surface area contributed by atoms with Crippen LogP contribution in [0.4, 0.5) is 10.8 Å². The van der Waals surface area contributed by atoms with E-state index < -0.39 is 11.2 Å². The Labute approximate surface area is 266 Å². The van der Waals surface area contributed by atoms with Gasteiger partial charge in [-0.1, -0.05) is 48.0 Å². The third-order valence-corrected chi connectivity index (χ3v) is 8.97. The lowest BCUT2D eigenvalue weighted by atomic mass is 10.2. The maximum atomic E-state index is 13.2. The molecule has 0 aliphatic heterocycles. The first-order chi connectivity index (χ1) is 20.8. The number of halogens is 1. The maximum Gasteiger partial charge on any atom is 0.272 e. The van der Waals surface area contributed by atoms with Gasteiger partial charge in [-0.15, -0.1) is 34.4 Å². The van der Waals surface area contributed by atoms with Gasteiger partial charge in [-0.25, -0.2) is 4.98 Å². The molecule has 0 saturated carbocycles. The number of nitrogens with zero attached hydrogens (tertiary/aromatic N) is 1. The fourth-order valence-electron chi connectivity index (χ4n) is 3.82. The highest BCUT2D eigenvalue weighted by molar-refractivity contribution is 8.00. The lowest BCUT2D eigenvalue weighted by Gasteiger charge is -2.13. The Kier molecular flexibility index (Phi) is 10.1. The van der Waals surface area contributed by atoms with Crippen molar-refractivity contribution >= 4 is 80.7 Å². The van der Waals surface area contributed by atoms with Gasteiger partial charge in [0, 0.05) is 37.0 Å². The quantitative estimate of drug-likeness (QED) is 0.105. The molecule has 0 saturated heterocycles. The van der Waals surface area contributed by atoms with Crippen molar-refractivity contribution in [2.75, 3.05) is 10.6 Å². The van der Waals surface area contributed by atoms with Crippen molar-refractivity contribution in [1.29, 1.82) is 0 Å². The predicted octanol–water partition coefficient (Wildman–Crippen LogP) is 8.05. The number of thiazole rings is 1. The molecule has 1 unspecified atom stereocenters. The summed E-state index contributed by atoms with van der Waals surface area (Å²) in [6.45, 7) is 1.82. The van der Waals surface area contributed by atoms with Crippen LogP contribution >= 0.6 is 46.0 Å². The monoisotopic (exact) mass is 644 g/mol. The van der Waals surface area contributed by atoms with E-state index in [0.29, 0.717) is 21.4 Å². The van der Waals surface area contributed by atoms with Crippen LogP contribution in [0.5, 0.6) is 0 Å². The van der Waals surface area contributed by atoms with E-state index in [-0.39, 0.29) is 17.5 Å². The summed E-state index contributed by atoms with van der Waals surface area (Å²) >= 11 is 10.2. The second-order valence-corrected chi connectivity index (χ2v) is 12.9. The molecular weight excluding hydrogens is 620 g/mol. The number of amides is 3. The molecule has 0 radical (unpaired) electrons. The molecule has 2 heterocycles. The number of carbonyl (C=O) groups is 3. The van der Waals surface area contributed by atoms with Crippen molar-refractivity contribution in [3.8, 4) is 11.3 Å². The zero-order valence-electron chi connectivity index (χ0n) is 22.7. The van der Waals surface area contributed by atoms with Gasteiger partial charge in [0.05, 0.1) is 10.9 Å². The molecule has 0 spiro atoms. The van der Waals surface area contributed by atoms with Gasteiger partial charge in [0.1, 0.15) is 5.70 Å². The number of aromatic nitrogens is 1. The van der Waals surface area contributed by atoms with Gasteiger partial charge in [-0.2, -0.15) is 0 Å². The van der Waals surface area contributed by atoms with Gasteiger partial charge in [-0.05, 0) is 73.0 Å². The summed E-state index contributed by atoms with van der Waals surface area (Å²) < 4.78 is 0. The third-order valence-electron chi connectivity index (χ3n) is 6.03. The van der Waals surface area contributed by atoms with Crippen LogP contribution in [0.1, 0.15) is 22.2 Å². The van der Waals surface area contributed by atoms with Gasteiger partial charge >= 0.3 is 0 Å². The molecule has 3 aromatic carbocycles. The van der Waals surface area contributed by atoms with E-state index in [0.717, 1.165) is 21.0 Å². The summed E-state index contributed by atoms with van der Waals surface area (Å²) in [4.78, 5) is 45.0. The molecule has 43 heavy (non-hydrogen) atoms. The lowest BCUT2D eigenvalue weighted by molar-refractivity contribution is -0.115. The summed E-state index contributed by atoms with van der Waals surface area (Å²) in [6, 6.07) is 27.0. The van der Waals surface area contributed by atoms with Crippen molar-refractivity contribution in [1.82, 2.24) is 10.3 Å². The van der Waals surface area contributed by atoms with Crippen molar-refractivity contribution < 1.29 is 14.4 Å². The molecule has 5 rings (SSSR count). The van der Waals surface area contributed by atoms with Crippen LogP contribution in [-0.4, -0.2) is 28.0 Å². The third kappa shape index (κ3) is 8.42. The number of nitrogens with one attached hydrogen (secondary N) is 3. The first kappa shape index (κ1) is 30.2. The second kappa shape index (κ2) is 14.3. The number of rotatable bonds is 10. The molecule has 0 aliphatic rings. The minimum absolute atomic E-state index is 0.126. The van der Waals surface area contributed by atoms with E-state index in [9.17, 15) is 14.4 Å². The Morgan fingerprint density at radius 3 is 2.33 bits per heavy atom. The molecule has 5 aromatic rings. The summed E-state index contributed by atoms with van der Waals surface area (Å²) in [6.07, 6.45) is 1.65. The Balaban J connectivity index is 1.18. The normalized spacial score (nSPS) is 11.9. The SMILES string of the molecule is CC(Sc1ccc(NC(=O)/C(=C/c2cccs2)NC(=O)c2ccccc2)cc1)C(=O)Nc1nc(-c2ccc(Cl)cc2)cs1. The van der Waals surface area contributed by atoms with Gasteiger partial charge in [-0.3, -0.25) is 14.4 Å². The van der Waals surface area contributed by atoms with Gasteiger partial charge < -0.3 is 16.0 Å². The van der Waals surface area contributed by atoms with E-state index >= 15 is 0 Å². The van der Waals surface area contributed by atoms with Crippen molar-refractivity contribution in [3.63, 3.8) is 0 Å². The number of hydrogen-bond donors (Lipinski definition) is 3.